The van der Waals surface area contributed by atoms with Crippen LogP contribution in [0.3, 0.4) is 0 Å². The molecule has 0 spiro atoms. The van der Waals surface area contributed by atoms with E-state index in [4.69, 9.17) is 9.47 Å². The van der Waals surface area contributed by atoms with Crippen molar-refractivity contribution < 1.29 is 9.47 Å². The molecular weight excluding hydrogens is 248 g/mol. The van der Waals surface area contributed by atoms with Gasteiger partial charge in [-0.15, -0.1) is 0 Å². The highest BCUT2D eigenvalue weighted by Gasteiger charge is 2.12. The van der Waals surface area contributed by atoms with Gasteiger partial charge in [-0.2, -0.15) is 5.10 Å². The van der Waals surface area contributed by atoms with Gasteiger partial charge in [-0.1, -0.05) is 0 Å². The Balaban J connectivity index is 1.71. The van der Waals surface area contributed by atoms with Crippen molar-refractivity contribution in [1.82, 2.24) is 9.97 Å². The van der Waals surface area contributed by atoms with Gasteiger partial charge < -0.3 is 9.47 Å². The Morgan fingerprint density at radius 2 is 2.21 bits per heavy atom. The summed E-state index contributed by atoms with van der Waals surface area (Å²) in [6.45, 7) is 0.239. The summed E-state index contributed by atoms with van der Waals surface area (Å²) in [5.74, 6) is 1.69. The van der Waals surface area contributed by atoms with Crippen molar-refractivity contribution in [2.75, 3.05) is 12.2 Å². The van der Waals surface area contributed by atoms with Crippen molar-refractivity contribution in [3.05, 3.63) is 46.4 Å². The molecule has 2 aromatic rings. The molecule has 0 unspecified atom stereocenters. The van der Waals surface area contributed by atoms with Crippen LogP contribution in [0.25, 0.3) is 0 Å². The normalized spacial score (nSPS) is 12.8. The average molecular weight is 258 g/mol. The number of fused-ring (bicyclic) bond motifs is 1. The maximum absolute atomic E-state index is 11.0. The molecule has 0 aliphatic carbocycles. The van der Waals surface area contributed by atoms with Crippen molar-refractivity contribution in [3.63, 3.8) is 0 Å². The summed E-state index contributed by atoms with van der Waals surface area (Å²) in [4.78, 5) is 17.4. The monoisotopic (exact) mass is 258 g/mol. The summed E-state index contributed by atoms with van der Waals surface area (Å²) in [6, 6.07) is 6.80. The molecule has 19 heavy (non-hydrogen) atoms. The highest BCUT2D eigenvalue weighted by molar-refractivity contribution is 5.81. The topological polar surface area (TPSA) is 88.6 Å². The fourth-order valence-corrected chi connectivity index (χ4v) is 1.59. The van der Waals surface area contributed by atoms with E-state index in [9.17, 15) is 4.79 Å². The Kier molecular flexibility index (Phi) is 2.85. The smallest absolute Gasteiger partial charge is 0.252 e. The van der Waals surface area contributed by atoms with Crippen LogP contribution < -0.4 is 20.5 Å². The van der Waals surface area contributed by atoms with Gasteiger partial charge in [0.1, 0.15) is 0 Å². The maximum Gasteiger partial charge on any atom is 0.252 e. The molecule has 96 valence electrons. The Bertz CT molecular complexity index is 681. The predicted molar refractivity (Wildman–Crippen MR) is 68.6 cm³/mol. The number of benzene rings is 1. The number of anilines is 1. The van der Waals surface area contributed by atoms with E-state index in [-0.39, 0.29) is 18.3 Å². The van der Waals surface area contributed by atoms with E-state index in [0.29, 0.717) is 5.75 Å². The van der Waals surface area contributed by atoms with Crippen LogP contribution in [0, 0.1) is 0 Å². The van der Waals surface area contributed by atoms with Crippen LogP contribution >= 0.6 is 0 Å². The lowest BCUT2D eigenvalue weighted by molar-refractivity contribution is 0.174. The molecule has 1 aliphatic heterocycles. The third-order valence-electron chi connectivity index (χ3n) is 2.45. The van der Waals surface area contributed by atoms with E-state index in [2.05, 4.69) is 20.5 Å². The molecule has 7 heteroatoms. The Morgan fingerprint density at radius 3 is 3.11 bits per heavy atom. The lowest BCUT2D eigenvalue weighted by atomic mass is 10.2. The van der Waals surface area contributed by atoms with E-state index in [1.54, 1.807) is 6.21 Å². The predicted octanol–water partition coefficient (Wildman–Crippen LogP) is 0.945. The molecule has 1 aromatic heterocycles. The Hall–Kier alpha value is -2.83. The van der Waals surface area contributed by atoms with E-state index < -0.39 is 0 Å². The molecule has 1 aliphatic rings. The molecule has 2 N–H and O–H groups in total. The van der Waals surface area contributed by atoms with Crippen LogP contribution in [0.2, 0.25) is 0 Å². The lowest BCUT2D eigenvalue weighted by Crippen LogP contribution is -2.07. The van der Waals surface area contributed by atoms with Gasteiger partial charge in [0, 0.05) is 12.3 Å². The summed E-state index contributed by atoms with van der Waals surface area (Å²) in [7, 11) is 0. The second-order valence-corrected chi connectivity index (χ2v) is 3.77. The first-order valence-corrected chi connectivity index (χ1v) is 5.55. The molecule has 0 radical (unpaired) electrons. The highest BCUT2D eigenvalue weighted by atomic mass is 16.7. The minimum absolute atomic E-state index is 0.239. The molecule has 0 bridgehead atoms. The zero-order chi connectivity index (χ0) is 13.1. The number of nitrogens with zero attached hydrogens (tertiary/aromatic N) is 2. The Morgan fingerprint density at radius 1 is 1.32 bits per heavy atom. The number of nitrogens with one attached hydrogen (secondary N) is 2. The van der Waals surface area contributed by atoms with E-state index >= 15 is 0 Å². The second-order valence-electron chi connectivity index (χ2n) is 3.77. The summed E-state index contributed by atoms with van der Waals surface area (Å²) in [5, 5.41) is 3.97. The van der Waals surface area contributed by atoms with Gasteiger partial charge in [0.25, 0.3) is 5.56 Å². The lowest BCUT2D eigenvalue weighted by Gasteiger charge is -1.99. The van der Waals surface area contributed by atoms with E-state index in [1.165, 1.54) is 12.3 Å². The van der Waals surface area contributed by atoms with Crippen LogP contribution in [0.4, 0.5) is 5.95 Å². The Labute approximate surface area is 107 Å². The number of aromatic amines is 1. The van der Waals surface area contributed by atoms with Crippen molar-refractivity contribution in [2.45, 2.75) is 0 Å². The summed E-state index contributed by atoms with van der Waals surface area (Å²) in [6.07, 6.45) is 2.99. The van der Waals surface area contributed by atoms with Crippen LogP contribution in [0.15, 0.2) is 40.4 Å². The van der Waals surface area contributed by atoms with Crippen molar-refractivity contribution in [1.29, 1.82) is 0 Å². The SMILES string of the molecule is O=c1ccnc(N/N=C\c2ccc3c(c2)OCO3)[nH]1. The minimum atomic E-state index is -0.240. The number of rotatable bonds is 3. The van der Waals surface area contributed by atoms with Crippen LogP contribution in [-0.4, -0.2) is 23.0 Å². The molecule has 0 atom stereocenters. The second kappa shape index (κ2) is 4.81. The number of hydrogen-bond acceptors (Lipinski definition) is 6. The molecule has 3 rings (SSSR count). The van der Waals surface area contributed by atoms with Gasteiger partial charge in [0.05, 0.1) is 6.21 Å². The van der Waals surface area contributed by atoms with Crippen LogP contribution in [-0.2, 0) is 0 Å². The van der Waals surface area contributed by atoms with Crippen molar-refractivity contribution >= 4 is 12.2 Å². The molecule has 0 fully saturated rings. The highest BCUT2D eigenvalue weighted by Crippen LogP contribution is 2.31. The number of hydrazone groups is 1. The minimum Gasteiger partial charge on any atom is -0.454 e. The largest absolute Gasteiger partial charge is 0.454 e. The molecule has 0 amide bonds. The standard InChI is InChI=1S/C12H10N4O3/c17-11-3-4-13-12(15-11)16-14-6-8-1-2-9-10(5-8)19-7-18-9/h1-6H,7H2,(H2,13,15,16,17)/b14-6-. The zero-order valence-corrected chi connectivity index (χ0v) is 9.79. The van der Waals surface area contributed by atoms with Crippen molar-refractivity contribution in [3.8, 4) is 11.5 Å². The number of ether oxygens (including phenoxy) is 2. The van der Waals surface area contributed by atoms with E-state index in [0.717, 1.165) is 11.3 Å². The first kappa shape index (κ1) is 11.3. The van der Waals surface area contributed by atoms with Gasteiger partial charge in [0.15, 0.2) is 11.5 Å². The number of hydrogen-bond donors (Lipinski definition) is 2. The maximum atomic E-state index is 11.0. The van der Waals surface area contributed by atoms with Gasteiger partial charge >= 0.3 is 0 Å². The molecule has 7 nitrogen and oxygen atoms in total. The van der Waals surface area contributed by atoms with Crippen LogP contribution in [0.1, 0.15) is 5.56 Å². The first-order valence-electron chi connectivity index (χ1n) is 5.55. The number of aromatic nitrogens is 2. The molecule has 1 aromatic carbocycles. The number of H-pyrrole nitrogens is 1. The summed E-state index contributed by atoms with van der Waals surface area (Å²) >= 11 is 0. The first-order chi connectivity index (χ1) is 9.31. The average Bonchev–Trinajstić information content (AvgIpc) is 2.86. The summed E-state index contributed by atoms with van der Waals surface area (Å²) < 4.78 is 10.5. The third kappa shape index (κ3) is 2.54. The van der Waals surface area contributed by atoms with E-state index in [1.807, 2.05) is 18.2 Å². The quantitative estimate of drug-likeness (QED) is 0.632. The fraction of sp³-hybridized carbons (Fsp3) is 0.0833. The molecular formula is C12H10N4O3. The molecule has 2 heterocycles. The zero-order valence-electron chi connectivity index (χ0n) is 9.79. The molecule has 0 saturated heterocycles. The van der Waals surface area contributed by atoms with Gasteiger partial charge in [-0.05, 0) is 23.8 Å². The molecule has 0 saturated carbocycles. The van der Waals surface area contributed by atoms with Crippen molar-refractivity contribution in [2.24, 2.45) is 5.10 Å². The van der Waals surface area contributed by atoms with Crippen LogP contribution in [0.5, 0.6) is 11.5 Å². The fourth-order valence-electron chi connectivity index (χ4n) is 1.59. The van der Waals surface area contributed by atoms with Gasteiger partial charge in [0.2, 0.25) is 12.7 Å². The van der Waals surface area contributed by atoms with Gasteiger partial charge in [-0.25, -0.2) is 10.4 Å². The summed E-state index contributed by atoms with van der Waals surface area (Å²) in [5.41, 5.74) is 3.23. The van der Waals surface area contributed by atoms with Gasteiger partial charge in [-0.3, -0.25) is 9.78 Å². The third-order valence-corrected chi connectivity index (χ3v) is 2.45.